The maximum absolute atomic E-state index is 14.5. The summed E-state index contributed by atoms with van der Waals surface area (Å²) in [5.41, 5.74) is 4.65. The number of sulfonamides is 1. The summed E-state index contributed by atoms with van der Waals surface area (Å²) in [5, 5.41) is 3.92. The van der Waals surface area contributed by atoms with Gasteiger partial charge in [-0.3, -0.25) is 9.10 Å². The first kappa shape index (κ1) is 25.4. The normalized spacial score (nSPS) is 11.4. The number of nitrogens with one attached hydrogen (secondary N) is 1. The second-order valence-corrected chi connectivity index (χ2v) is 10.4. The quantitative estimate of drug-likeness (QED) is 0.337. The van der Waals surface area contributed by atoms with Gasteiger partial charge >= 0.3 is 0 Å². The van der Waals surface area contributed by atoms with E-state index in [1.54, 1.807) is 12.1 Å². The number of benzene rings is 3. The van der Waals surface area contributed by atoms with Crippen LogP contribution < -0.4 is 14.6 Å². The Morgan fingerprint density at radius 2 is 1.74 bits per heavy atom. The zero-order chi connectivity index (χ0) is 24.9. The number of hydrogen-bond donors (Lipinski definition) is 1. The number of carbonyl (C=O) groups excluding carboxylic acids is 1. The average Bonchev–Trinajstić information content (AvgIpc) is 2.78. The lowest BCUT2D eigenvalue weighted by Crippen LogP contribution is -2.40. The zero-order valence-electron chi connectivity index (χ0n) is 18.9. The van der Waals surface area contributed by atoms with E-state index in [2.05, 4.69) is 26.5 Å². The van der Waals surface area contributed by atoms with Crippen molar-refractivity contribution in [3.8, 4) is 0 Å². The van der Waals surface area contributed by atoms with E-state index in [0.29, 0.717) is 0 Å². The van der Waals surface area contributed by atoms with Crippen LogP contribution in [0.15, 0.2) is 81.2 Å². The molecule has 0 radical (unpaired) electrons. The van der Waals surface area contributed by atoms with Crippen molar-refractivity contribution in [2.24, 2.45) is 5.10 Å². The highest BCUT2D eigenvalue weighted by Crippen LogP contribution is 2.27. The predicted octanol–water partition coefficient (Wildman–Crippen LogP) is 4.31. The maximum Gasteiger partial charge on any atom is 0.264 e. The number of hydrogen-bond acceptors (Lipinski definition) is 5. The van der Waals surface area contributed by atoms with Gasteiger partial charge in [-0.15, -0.1) is 0 Å². The summed E-state index contributed by atoms with van der Waals surface area (Å²) in [7, 11) is -0.381. The number of anilines is 2. The van der Waals surface area contributed by atoms with E-state index in [4.69, 9.17) is 0 Å². The first-order valence-electron chi connectivity index (χ1n) is 10.2. The molecule has 1 amide bonds. The van der Waals surface area contributed by atoms with Gasteiger partial charge in [-0.05, 0) is 64.8 Å². The first-order valence-corrected chi connectivity index (χ1v) is 12.5. The molecule has 0 unspecified atom stereocenters. The van der Waals surface area contributed by atoms with E-state index >= 15 is 0 Å². The fraction of sp³-hybridized carbons (Fsp3) is 0.167. The van der Waals surface area contributed by atoms with Crippen LogP contribution in [0.4, 0.5) is 15.8 Å². The minimum atomic E-state index is -4.21. The Morgan fingerprint density at radius 3 is 2.35 bits per heavy atom. The third-order valence-corrected chi connectivity index (χ3v) is 7.28. The van der Waals surface area contributed by atoms with Gasteiger partial charge < -0.3 is 4.90 Å². The lowest BCUT2D eigenvalue weighted by atomic mass is 10.2. The zero-order valence-corrected chi connectivity index (χ0v) is 21.3. The molecule has 0 aromatic heterocycles. The molecule has 0 aliphatic heterocycles. The van der Waals surface area contributed by atoms with Gasteiger partial charge in [-0.25, -0.2) is 18.2 Å². The smallest absolute Gasteiger partial charge is 0.264 e. The molecule has 0 saturated heterocycles. The van der Waals surface area contributed by atoms with Gasteiger partial charge in [0.15, 0.2) is 0 Å². The van der Waals surface area contributed by atoms with Crippen molar-refractivity contribution in [1.82, 2.24) is 5.43 Å². The summed E-state index contributed by atoms with van der Waals surface area (Å²) >= 11 is 3.48. The first-order chi connectivity index (χ1) is 16.1. The molecule has 3 rings (SSSR count). The molecule has 0 saturated carbocycles. The van der Waals surface area contributed by atoms with Crippen LogP contribution in [-0.4, -0.2) is 41.2 Å². The minimum absolute atomic E-state index is 0.0523. The Bertz CT molecular complexity index is 1310. The maximum atomic E-state index is 14.5. The molecule has 0 atom stereocenters. The van der Waals surface area contributed by atoms with Crippen LogP contribution >= 0.6 is 15.9 Å². The second-order valence-electron chi connectivity index (χ2n) is 7.67. The summed E-state index contributed by atoms with van der Waals surface area (Å²) in [6.07, 6.45) is 1.43. The van der Waals surface area contributed by atoms with Crippen molar-refractivity contribution in [3.05, 3.63) is 88.1 Å². The van der Waals surface area contributed by atoms with Crippen molar-refractivity contribution in [1.29, 1.82) is 0 Å². The molecule has 0 aliphatic rings. The molecule has 0 heterocycles. The van der Waals surface area contributed by atoms with Gasteiger partial charge in [-0.1, -0.05) is 35.9 Å². The molecule has 0 bridgehead atoms. The molecule has 10 heteroatoms. The van der Waals surface area contributed by atoms with E-state index in [9.17, 15) is 17.6 Å². The molecule has 1 N–H and O–H groups in total. The number of nitrogens with zero attached hydrogens (tertiary/aromatic N) is 3. The summed E-state index contributed by atoms with van der Waals surface area (Å²) in [5.74, 6) is -1.49. The van der Waals surface area contributed by atoms with E-state index < -0.39 is 28.3 Å². The van der Waals surface area contributed by atoms with Gasteiger partial charge in [0.25, 0.3) is 15.9 Å². The molecular weight excluding hydrogens is 523 g/mol. The van der Waals surface area contributed by atoms with Crippen LogP contribution in [0.2, 0.25) is 0 Å². The highest BCUT2D eigenvalue weighted by molar-refractivity contribution is 9.10. The van der Waals surface area contributed by atoms with Crippen LogP contribution in [0.1, 0.15) is 11.1 Å². The molecule has 0 spiro atoms. The summed E-state index contributed by atoms with van der Waals surface area (Å²) in [6.45, 7) is 1.17. The SMILES string of the molecule is Cc1ccc(S(=O)(=O)N(CC(=O)N/N=C/c2ccc(N(C)C)c(Br)c2)c2ccccc2F)cc1. The van der Waals surface area contributed by atoms with Crippen LogP contribution in [0.3, 0.4) is 0 Å². The second kappa shape index (κ2) is 10.8. The highest BCUT2D eigenvalue weighted by Gasteiger charge is 2.29. The fourth-order valence-electron chi connectivity index (χ4n) is 3.10. The monoisotopic (exact) mass is 546 g/mol. The Morgan fingerprint density at radius 1 is 1.06 bits per heavy atom. The molecular formula is C24H24BrFN4O3S. The predicted molar refractivity (Wildman–Crippen MR) is 136 cm³/mol. The van der Waals surface area contributed by atoms with E-state index in [0.717, 1.165) is 31.7 Å². The number of amides is 1. The number of hydrazone groups is 1. The van der Waals surface area contributed by atoms with Crippen molar-refractivity contribution in [3.63, 3.8) is 0 Å². The third-order valence-electron chi connectivity index (χ3n) is 4.87. The topological polar surface area (TPSA) is 82.1 Å². The number of para-hydroxylation sites is 1. The molecule has 0 aliphatic carbocycles. The number of halogens is 2. The molecule has 7 nitrogen and oxygen atoms in total. The standard InChI is InChI=1S/C24H24BrFN4O3S/c1-17-8-11-19(12-9-17)34(32,33)30(23-7-5-4-6-21(23)26)16-24(31)28-27-15-18-10-13-22(29(2)3)20(25)14-18/h4-15H,16H2,1-3H3,(H,28,31)/b27-15+. The van der Waals surface area contributed by atoms with E-state index in [-0.39, 0.29) is 10.6 Å². The van der Waals surface area contributed by atoms with Crippen molar-refractivity contribution in [2.75, 3.05) is 29.8 Å². The molecule has 3 aromatic rings. The lowest BCUT2D eigenvalue weighted by molar-refractivity contribution is -0.119. The van der Waals surface area contributed by atoms with E-state index in [1.807, 2.05) is 44.1 Å². The van der Waals surface area contributed by atoms with Crippen LogP contribution in [0, 0.1) is 12.7 Å². The minimum Gasteiger partial charge on any atom is -0.377 e. The van der Waals surface area contributed by atoms with Gasteiger partial charge in [0.05, 0.1) is 22.5 Å². The number of carbonyl (C=O) groups is 1. The molecule has 178 valence electrons. The number of aryl methyl sites for hydroxylation is 1. The Kier molecular flexibility index (Phi) is 8.06. The fourth-order valence-corrected chi connectivity index (χ4v) is 5.28. The lowest BCUT2D eigenvalue weighted by Gasteiger charge is -2.24. The molecule has 3 aromatic carbocycles. The van der Waals surface area contributed by atoms with Crippen molar-refractivity contribution < 1.29 is 17.6 Å². The number of rotatable bonds is 8. The van der Waals surface area contributed by atoms with Gasteiger partial charge in [0.2, 0.25) is 0 Å². The van der Waals surface area contributed by atoms with Crippen molar-refractivity contribution >= 4 is 49.4 Å². The average molecular weight is 547 g/mol. The van der Waals surface area contributed by atoms with Gasteiger partial charge in [0, 0.05) is 18.6 Å². The Balaban J connectivity index is 1.82. The van der Waals surface area contributed by atoms with Gasteiger partial charge in [-0.2, -0.15) is 5.10 Å². The van der Waals surface area contributed by atoms with Gasteiger partial charge in [0.1, 0.15) is 12.4 Å². The largest absolute Gasteiger partial charge is 0.377 e. The molecule has 34 heavy (non-hydrogen) atoms. The van der Waals surface area contributed by atoms with Crippen molar-refractivity contribution in [2.45, 2.75) is 11.8 Å². The summed E-state index contributed by atoms with van der Waals surface area (Å²) < 4.78 is 42.7. The van der Waals surface area contributed by atoms with E-state index in [1.165, 1.54) is 36.5 Å². The van der Waals surface area contributed by atoms with Crippen LogP contribution in [0.25, 0.3) is 0 Å². The Labute approximate surface area is 207 Å². The van der Waals surface area contributed by atoms with Crippen LogP contribution in [-0.2, 0) is 14.8 Å². The summed E-state index contributed by atoms with van der Waals surface area (Å²) in [6, 6.07) is 17.0. The summed E-state index contributed by atoms with van der Waals surface area (Å²) in [4.78, 5) is 14.5. The third kappa shape index (κ3) is 6.00. The molecule has 0 fully saturated rings. The highest BCUT2D eigenvalue weighted by atomic mass is 79.9. The van der Waals surface area contributed by atoms with Crippen LogP contribution in [0.5, 0.6) is 0 Å². The Hall–Kier alpha value is -3.24.